The smallest absolute Gasteiger partial charge is 0.306 e. The number of aliphatic carboxylic acids is 1. The number of carboxylic acid groups (broad SMARTS) is 1. The number of hydrogen-bond donors (Lipinski definition) is 3. The molecular weight excluding hydrogens is 256 g/mol. The molecule has 1 amide bonds. The largest absolute Gasteiger partial charge is 0.481 e. The first-order chi connectivity index (χ1) is 9.65. The summed E-state index contributed by atoms with van der Waals surface area (Å²) in [4.78, 5) is 23.5. The van der Waals surface area contributed by atoms with Gasteiger partial charge in [-0.3, -0.25) is 9.59 Å². The van der Waals surface area contributed by atoms with Crippen molar-refractivity contribution in [1.29, 1.82) is 0 Å². The molecule has 3 fully saturated rings. The van der Waals surface area contributed by atoms with Crippen molar-refractivity contribution >= 4 is 11.9 Å². The van der Waals surface area contributed by atoms with Crippen molar-refractivity contribution in [2.45, 2.75) is 57.0 Å². The van der Waals surface area contributed by atoms with Gasteiger partial charge in [0.15, 0.2) is 0 Å². The van der Waals surface area contributed by atoms with Crippen molar-refractivity contribution in [2.24, 2.45) is 17.8 Å². The topological polar surface area (TPSA) is 78.4 Å². The van der Waals surface area contributed by atoms with Crippen LogP contribution in [0, 0.1) is 17.8 Å². The van der Waals surface area contributed by atoms with E-state index in [0.717, 1.165) is 38.5 Å². The fourth-order valence-electron chi connectivity index (χ4n) is 4.25. The maximum absolute atomic E-state index is 12.3. The Labute approximate surface area is 119 Å². The van der Waals surface area contributed by atoms with Gasteiger partial charge in [-0.1, -0.05) is 12.8 Å². The number of carboxylic acids is 1. The molecule has 1 saturated carbocycles. The summed E-state index contributed by atoms with van der Waals surface area (Å²) in [6, 6.07) is 0.874. The lowest BCUT2D eigenvalue weighted by molar-refractivity contribution is -0.145. The molecular formula is C15H24N2O3. The number of carbonyl (C=O) groups is 2. The molecule has 3 aliphatic rings. The number of hydrogen-bond acceptors (Lipinski definition) is 3. The summed E-state index contributed by atoms with van der Waals surface area (Å²) in [6.07, 6.45) is 7.00. The summed E-state index contributed by atoms with van der Waals surface area (Å²) in [7, 11) is 0. The molecule has 3 N–H and O–H groups in total. The fourth-order valence-corrected chi connectivity index (χ4v) is 4.25. The molecule has 2 aliphatic heterocycles. The lowest BCUT2D eigenvalue weighted by atomic mass is 9.79. The SMILES string of the molecule is O=C(O)C1CCCCC1CNC(=O)C1CC2CCC1N2. The Kier molecular flexibility index (Phi) is 3.96. The maximum atomic E-state index is 12.3. The van der Waals surface area contributed by atoms with Gasteiger partial charge in [-0.05, 0) is 38.0 Å². The van der Waals surface area contributed by atoms with Crippen LogP contribution in [0.2, 0.25) is 0 Å². The van der Waals surface area contributed by atoms with Gasteiger partial charge in [-0.2, -0.15) is 0 Å². The standard InChI is InChI=1S/C15H24N2O3/c18-14(12-7-10-5-6-13(12)17-10)16-8-9-3-1-2-4-11(9)15(19)20/h9-13,17H,1-8H2,(H,16,18)(H,19,20). The van der Waals surface area contributed by atoms with E-state index in [-0.39, 0.29) is 23.7 Å². The molecule has 5 heteroatoms. The second-order valence-corrected chi connectivity index (χ2v) is 6.62. The molecule has 0 spiro atoms. The minimum absolute atomic E-state index is 0.0978. The summed E-state index contributed by atoms with van der Waals surface area (Å²) >= 11 is 0. The van der Waals surface area contributed by atoms with E-state index < -0.39 is 5.97 Å². The average Bonchev–Trinajstić information content (AvgIpc) is 3.07. The number of amides is 1. The second kappa shape index (κ2) is 5.72. The van der Waals surface area contributed by atoms with Crippen LogP contribution in [0.5, 0.6) is 0 Å². The summed E-state index contributed by atoms with van der Waals surface area (Å²) < 4.78 is 0. The maximum Gasteiger partial charge on any atom is 0.306 e. The molecule has 0 aromatic rings. The normalized spacial score (nSPS) is 39.7. The molecule has 20 heavy (non-hydrogen) atoms. The van der Waals surface area contributed by atoms with Crippen molar-refractivity contribution in [3.05, 3.63) is 0 Å². The molecule has 1 aliphatic carbocycles. The Morgan fingerprint density at radius 2 is 1.90 bits per heavy atom. The zero-order chi connectivity index (χ0) is 14.1. The second-order valence-electron chi connectivity index (χ2n) is 6.62. The van der Waals surface area contributed by atoms with Gasteiger partial charge in [0.2, 0.25) is 5.91 Å². The molecule has 112 valence electrons. The van der Waals surface area contributed by atoms with Gasteiger partial charge >= 0.3 is 5.97 Å². The zero-order valence-corrected chi connectivity index (χ0v) is 11.8. The van der Waals surface area contributed by atoms with E-state index >= 15 is 0 Å². The lowest BCUT2D eigenvalue weighted by Gasteiger charge is -2.29. The van der Waals surface area contributed by atoms with Gasteiger partial charge in [-0.25, -0.2) is 0 Å². The van der Waals surface area contributed by atoms with Crippen LogP contribution >= 0.6 is 0 Å². The Hall–Kier alpha value is -1.10. The van der Waals surface area contributed by atoms with E-state index in [0.29, 0.717) is 18.6 Å². The minimum Gasteiger partial charge on any atom is -0.481 e. The van der Waals surface area contributed by atoms with Gasteiger partial charge in [0, 0.05) is 18.6 Å². The molecule has 2 bridgehead atoms. The van der Waals surface area contributed by atoms with Crippen LogP contribution < -0.4 is 10.6 Å². The first-order valence-electron chi connectivity index (χ1n) is 7.91. The van der Waals surface area contributed by atoms with Crippen molar-refractivity contribution < 1.29 is 14.7 Å². The highest BCUT2D eigenvalue weighted by atomic mass is 16.4. The predicted octanol–water partition coefficient (Wildman–Crippen LogP) is 1.13. The van der Waals surface area contributed by atoms with Crippen LogP contribution in [-0.4, -0.2) is 35.6 Å². The highest BCUT2D eigenvalue weighted by Gasteiger charge is 2.43. The minimum atomic E-state index is -0.703. The number of nitrogens with one attached hydrogen (secondary N) is 2. The van der Waals surface area contributed by atoms with Crippen LogP contribution in [0.25, 0.3) is 0 Å². The van der Waals surface area contributed by atoms with E-state index in [4.69, 9.17) is 0 Å². The first kappa shape index (κ1) is 13.9. The third kappa shape index (κ3) is 2.68. The number of fused-ring (bicyclic) bond motifs is 2. The molecule has 5 atom stereocenters. The quantitative estimate of drug-likeness (QED) is 0.721. The molecule has 0 aromatic carbocycles. The highest BCUT2D eigenvalue weighted by Crippen LogP contribution is 2.34. The van der Waals surface area contributed by atoms with Crippen LogP contribution in [-0.2, 0) is 9.59 Å². The summed E-state index contributed by atoms with van der Waals surface area (Å²) in [6.45, 7) is 0.531. The average molecular weight is 280 g/mol. The lowest BCUT2D eigenvalue weighted by Crippen LogP contribution is -2.42. The molecule has 0 aromatic heterocycles. The van der Waals surface area contributed by atoms with Gasteiger partial charge in [0.1, 0.15) is 0 Å². The van der Waals surface area contributed by atoms with Gasteiger partial charge < -0.3 is 15.7 Å². The van der Waals surface area contributed by atoms with Gasteiger partial charge in [0.05, 0.1) is 11.8 Å². The van der Waals surface area contributed by atoms with E-state index in [2.05, 4.69) is 10.6 Å². The first-order valence-corrected chi connectivity index (χ1v) is 7.91. The van der Waals surface area contributed by atoms with E-state index in [1.807, 2.05) is 0 Å². The third-order valence-electron chi connectivity index (χ3n) is 5.40. The van der Waals surface area contributed by atoms with Crippen molar-refractivity contribution in [2.75, 3.05) is 6.54 Å². The fraction of sp³-hybridized carbons (Fsp3) is 0.867. The monoisotopic (exact) mass is 280 g/mol. The van der Waals surface area contributed by atoms with E-state index in [1.54, 1.807) is 0 Å². The number of carbonyl (C=O) groups excluding carboxylic acids is 1. The van der Waals surface area contributed by atoms with Crippen molar-refractivity contribution in [3.8, 4) is 0 Å². The van der Waals surface area contributed by atoms with Crippen LogP contribution in [0.15, 0.2) is 0 Å². The summed E-state index contributed by atoms with van der Waals surface area (Å²) in [5.41, 5.74) is 0. The summed E-state index contributed by atoms with van der Waals surface area (Å²) in [5, 5.41) is 15.7. The molecule has 5 nitrogen and oxygen atoms in total. The molecule has 2 heterocycles. The van der Waals surface area contributed by atoms with Crippen molar-refractivity contribution in [1.82, 2.24) is 10.6 Å². The Morgan fingerprint density at radius 1 is 1.10 bits per heavy atom. The van der Waals surface area contributed by atoms with Crippen LogP contribution in [0.4, 0.5) is 0 Å². The van der Waals surface area contributed by atoms with Crippen molar-refractivity contribution in [3.63, 3.8) is 0 Å². The Bertz CT molecular complexity index is 399. The summed E-state index contributed by atoms with van der Waals surface area (Å²) in [5.74, 6) is -0.649. The Morgan fingerprint density at radius 3 is 2.55 bits per heavy atom. The van der Waals surface area contributed by atoms with Gasteiger partial charge in [0.25, 0.3) is 0 Å². The molecule has 5 unspecified atom stereocenters. The predicted molar refractivity (Wildman–Crippen MR) is 74.1 cm³/mol. The van der Waals surface area contributed by atoms with E-state index in [1.165, 1.54) is 6.42 Å². The van der Waals surface area contributed by atoms with Crippen LogP contribution in [0.1, 0.15) is 44.9 Å². The Balaban J connectivity index is 1.50. The van der Waals surface area contributed by atoms with Gasteiger partial charge in [-0.15, -0.1) is 0 Å². The molecule has 0 radical (unpaired) electrons. The third-order valence-corrected chi connectivity index (χ3v) is 5.40. The molecule has 2 saturated heterocycles. The van der Waals surface area contributed by atoms with Crippen LogP contribution in [0.3, 0.4) is 0 Å². The number of rotatable bonds is 4. The molecule has 3 rings (SSSR count). The highest BCUT2D eigenvalue weighted by molar-refractivity contribution is 5.80. The van der Waals surface area contributed by atoms with E-state index in [9.17, 15) is 14.7 Å². The zero-order valence-electron chi connectivity index (χ0n) is 11.8.